The second-order valence-corrected chi connectivity index (χ2v) is 7.80. The van der Waals surface area contributed by atoms with E-state index in [-0.39, 0.29) is 0 Å². The molecule has 0 aromatic heterocycles. The minimum absolute atomic E-state index is 0.469. The van der Waals surface area contributed by atoms with E-state index >= 15 is 0 Å². The molecule has 25 heavy (non-hydrogen) atoms. The van der Waals surface area contributed by atoms with Gasteiger partial charge in [0.05, 0.1) is 19.9 Å². The molecule has 0 radical (unpaired) electrons. The largest absolute Gasteiger partial charge is 0.497 e. The summed E-state index contributed by atoms with van der Waals surface area (Å²) in [4.78, 5) is 2.81. The lowest BCUT2D eigenvalue weighted by Gasteiger charge is -2.39. The number of hydrogen-bond acceptors (Lipinski definition) is 4. The molecule has 3 aliphatic rings. The van der Waals surface area contributed by atoms with E-state index < -0.39 is 0 Å². The number of nitrogens with one attached hydrogen (secondary N) is 2. The highest BCUT2D eigenvalue weighted by Crippen LogP contribution is 2.43. The molecule has 0 amide bonds. The third kappa shape index (κ3) is 3.55. The summed E-state index contributed by atoms with van der Waals surface area (Å²) in [6, 6.07) is 8.56. The van der Waals surface area contributed by atoms with Crippen LogP contribution in [0, 0.1) is 0 Å². The van der Waals surface area contributed by atoms with E-state index in [4.69, 9.17) is 21.7 Å². The molecule has 6 heteroatoms. The van der Waals surface area contributed by atoms with Gasteiger partial charge in [0.2, 0.25) is 0 Å². The quantitative estimate of drug-likeness (QED) is 0.786. The number of hydrogen-bond donors (Lipinski definition) is 2. The highest BCUT2D eigenvalue weighted by atomic mass is 32.1. The minimum Gasteiger partial charge on any atom is -0.497 e. The lowest BCUT2D eigenvalue weighted by molar-refractivity contribution is 0.114. The number of thiocarbonyl (C=S) groups is 1. The standard InChI is InChI=1S/C19H27N3O2S/c1-23-16-7-8-17(18(11-16)24-2)21-19(25)20-12-9-14-5-6-15(10-12)22(14)13-3-4-13/h7-8,11-15H,3-6,9-10H2,1-2H3,(H2,20,21,25)/t14-,15-/m0/s1. The van der Waals surface area contributed by atoms with Crippen molar-refractivity contribution >= 4 is 23.0 Å². The molecule has 1 aromatic carbocycles. The van der Waals surface area contributed by atoms with Gasteiger partial charge >= 0.3 is 0 Å². The van der Waals surface area contributed by atoms with E-state index in [1.807, 2.05) is 18.2 Å². The van der Waals surface area contributed by atoms with E-state index in [0.29, 0.717) is 11.2 Å². The van der Waals surface area contributed by atoms with Crippen LogP contribution in [0.5, 0.6) is 11.5 Å². The molecule has 136 valence electrons. The highest BCUT2D eigenvalue weighted by Gasteiger charge is 2.46. The van der Waals surface area contributed by atoms with Crippen molar-refractivity contribution in [3.63, 3.8) is 0 Å². The molecular weight excluding hydrogens is 334 g/mol. The summed E-state index contributed by atoms with van der Waals surface area (Å²) in [5.41, 5.74) is 0.860. The summed E-state index contributed by atoms with van der Waals surface area (Å²) in [6.07, 6.45) is 7.92. The van der Waals surface area contributed by atoms with Crippen LogP contribution >= 0.6 is 12.2 Å². The van der Waals surface area contributed by atoms with Crippen LogP contribution in [-0.4, -0.2) is 48.4 Å². The molecule has 1 saturated carbocycles. The Hall–Kier alpha value is -1.53. The average Bonchev–Trinajstić information content (AvgIpc) is 3.41. The van der Waals surface area contributed by atoms with Gasteiger partial charge in [0.15, 0.2) is 5.11 Å². The molecule has 2 heterocycles. The number of piperidine rings is 1. The molecule has 5 nitrogen and oxygen atoms in total. The van der Waals surface area contributed by atoms with Crippen LogP contribution in [0.15, 0.2) is 18.2 Å². The fraction of sp³-hybridized carbons (Fsp3) is 0.632. The van der Waals surface area contributed by atoms with Crippen LogP contribution in [-0.2, 0) is 0 Å². The molecule has 2 N–H and O–H groups in total. The number of nitrogens with zero attached hydrogens (tertiary/aromatic N) is 1. The van der Waals surface area contributed by atoms with Crippen molar-refractivity contribution in [2.45, 2.75) is 62.7 Å². The lowest BCUT2D eigenvalue weighted by atomic mass is 9.97. The second-order valence-electron chi connectivity index (χ2n) is 7.40. The maximum absolute atomic E-state index is 5.55. The topological polar surface area (TPSA) is 45.8 Å². The third-order valence-corrected chi connectivity index (χ3v) is 5.97. The third-order valence-electron chi connectivity index (χ3n) is 5.75. The molecule has 3 fully saturated rings. The average molecular weight is 362 g/mol. The zero-order valence-electron chi connectivity index (χ0n) is 15.0. The summed E-state index contributed by atoms with van der Waals surface area (Å²) < 4.78 is 10.7. The van der Waals surface area contributed by atoms with Crippen molar-refractivity contribution < 1.29 is 9.47 Å². The fourth-order valence-corrected chi connectivity index (χ4v) is 4.82. The summed E-state index contributed by atoms with van der Waals surface area (Å²) in [6.45, 7) is 0. The van der Waals surface area contributed by atoms with Crippen molar-refractivity contribution in [2.75, 3.05) is 19.5 Å². The molecule has 1 aromatic rings. The Kier molecular flexibility index (Phi) is 4.73. The SMILES string of the molecule is COc1ccc(NC(=S)NC2C[C@@H]3CC[C@@H](C2)N3C2CC2)c(OC)c1. The molecule has 2 bridgehead atoms. The van der Waals surface area contributed by atoms with Crippen molar-refractivity contribution in [3.05, 3.63) is 18.2 Å². The Bertz CT molecular complexity index is 636. The Morgan fingerprint density at radius 3 is 2.32 bits per heavy atom. The zero-order valence-corrected chi connectivity index (χ0v) is 15.8. The van der Waals surface area contributed by atoms with Crippen molar-refractivity contribution in [3.8, 4) is 11.5 Å². The predicted octanol–water partition coefficient (Wildman–Crippen LogP) is 3.15. The first-order valence-corrected chi connectivity index (χ1v) is 9.65. The van der Waals surface area contributed by atoms with Gasteiger partial charge in [-0.3, -0.25) is 4.90 Å². The summed E-state index contributed by atoms with van der Waals surface area (Å²) >= 11 is 5.55. The van der Waals surface area contributed by atoms with E-state index in [2.05, 4.69) is 15.5 Å². The van der Waals surface area contributed by atoms with Crippen LogP contribution in [0.25, 0.3) is 0 Å². The van der Waals surface area contributed by atoms with Crippen molar-refractivity contribution in [1.82, 2.24) is 10.2 Å². The number of methoxy groups -OCH3 is 2. The molecule has 0 unspecified atom stereocenters. The maximum atomic E-state index is 5.55. The van der Waals surface area contributed by atoms with E-state index in [1.165, 1.54) is 38.5 Å². The van der Waals surface area contributed by atoms with Gasteiger partial charge in [-0.05, 0) is 62.9 Å². The van der Waals surface area contributed by atoms with Crippen LogP contribution in [0.2, 0.25) is 0 Å². The van der Waals surface area contributed by atoms with Gasteiger partial charge in [-0.15, -0.1) is 0 Å². The predicted molar refractivity (Wildman–Crippen MR) is 104 cm³/mol. The molecule has 4 rings (SSSR count). The van der Waals surface area contributed by atoms with Gasteiger partial charge in [-0.25, -0.2) is 0 Å². The number of anilines is 1. The monoisotopic (exact) mass is 361 g/mol. The van der Waals surface area contributed by atoms with E-state index in [9.17, 15) is 0 Å². The van der Waals surface area contributed by atoms with E-state index in [1.54, 1.807) is 14.2 Å². The summed E-state index contributed by atoms with van der Waals surface area (Å²) in [5, 5.41) is 7.49. The summed E-state index contributed by atoms with van der Waals surface area (Å²) in [5.74, 6) is 1.50. The fourth-order valence-electron chi connectivity index (χ4n) is 4.55. The van der Waals surface area contributed by atoms with Gasteiger partial charge in [0, 0.05) is 30.2 Å². The van der Waals surface area contributed by atoms with Gasteiger partial charge in [0.1, 0.15) is 11.5 Å². The number of fused-ring (bicyclic) bond motifs is 2. The van der Waals surface area contributed by atoms with Gasteiger partial charge < -0.3 is 20.1 Å². The number of rotatable bonds is 5. The highest BCUT2D eigenvalue weighted by molar-refractivity contribution is 7.80. The second kappa shape index (κ2) is 7.00. The normalized spacial score (nSPS) is 28.5. The smallest absolute Gasteiger partial charge is 0.171 e. The van der Waals surface area contributed by atoms with Crippen molar-refractivity contribution in [1.29, 1.82) is 0 Å². The van der Waals surface area contributed by atoms with Crippen LogP contribution in [0.4, 0.5) is 5.69 Å². The van der Waals surface area contributed by atoms with Crippen LogP contribution in [0.3, 0.4) is 0 Å². The molecule has 1 aliphatic carbocycles. The maximum Gasteiger partial charge on any atom is 0.171 e. The zero-order chi connectivity index (χ0) is 17.4. The lowest BCUT2D eigenvalue weighted by Crippen LogP contribution is -2.51. The molecule has 0 spiro atoms. The number of ether oxygens (including phenoxy) is 2. The van der Waals surface area contributed by atoms with Gasteiger partial charge in [-0.1, -0.05) is 0 Å². The summed E-state index contributed by atoms with van der Waals surface area (Å²) in [7, 11) is 3.30. The molecule has 2 aliphatic heterocycles. The van der Waals surface area contributed by atoms with Crippen LogP contribution < -0.4 is 20.1 Å². The first kappa shape index (κ1) is 16.9. The molecule has 2 saturated heterocycles. The van der Waals surface area contributed by atoms with Crippen molar-refractivity contribution in [2.24, 2.45) is 0 Å². The molecular formula is C19H27N3O2S. The Balaban J connectivity index is 1.35. The van der Waals surface area contributed by atoms with Gasteiger partial charge in [0.25, 0.3) is 0 Å². The van der Waals surface area contributed by atoms with E-state index in [0.717, 1.165) is 35.3 Å². The Labute approximate surface area is 155 Å². The minimum atomic E-state index is 0.469. The van der Waals surface area contributed by atoms with Crippen LogP contribution in [0.1, 0.15) is 38.5 Å². The number of benzene rings is 1. The Morgan fingerprint density at radius 1 is 1.04 bits per heavy atom. The first-order valence-electron chi connectivity index (χ1n) is 9.25. The first-order chi connectivity index (χ1) is 12.2. The Morgan fingerprint density at radius 2 is 1.72 bits per heavy atom. The van der Waals surface area contributed by atoms with Gasteiger partial charge in [-0.2, -0.15) is 0 Å². The molecule has 2 atom stereocenters.